The predicted molar refractivity (Wildman–Crippen MR) is 117 cm³/mol. The second-order valence-electron chi connectivity index (χ2n) is 7.16. The Kier molecular flexibility index (Phi) is 5.83. The second-order valence-corrected chi connectivity index (χ2v) is 8.61. The first-order chi connectivity index (χ1) is 13.6. The topological polar surface area (TPSA) is 45.6 Å². The average Bonchev–Trinajstić information content (AvgIpc) is 2.99. The maximum Gasteiger partial charge on any atom is 0.267 e. The van der Waals surface area contributed by atoms with Crippen LogP contribution in [-0.4, -0.2) is 27.0 Å². The zero-order valence-corrected chi connectivity index (χ0v) is 17.3. The SMILES string of the molecule is Cc1cccc(/N=C2/S/C(=C\c3ccc(Cl)cc3)C(=O)N2C2CCCCC2)n1. The number of carbonyl (C=O) groups excluding carboxylic acids is 1. The molecule has 0 N–H and O–H groups in total. The third-order valence-electron chi connectivity index (χ3n) is 5.03. The summed E-state index contributed by atoms with van der Waals surface area (Å²) < 4.78 is 0. The molecular weight excluding hydrogens is 390 g/mol. The molecule has 0 radical (unpaired) electrons. The van der Waals surface area contributed by atoms with Gasteiger partial charge < -0.3 is 0 Å². The average molecular weight is 412 g/mol. The van der Waals surface area contributed by atoms with E-state index in [-0.39, 0.29) is 11.9 Å². The summed E-state index contributed by atoms with van der Waals surface area (Å²) in [5.74, 6) is 0.683. The molecule has 2 fully saturated rings. The molecule has 6 heteroatoms. The first kappa shape index (κ1) is 19.2. The highest BCUT2D eigenvalue weighted by Crippen LogP contribution is 2.38. The number of hydrogen-bond donors (Lipinski definition) is 0. The summed E-state index contributed by atoms with van der Waals surface area (Å²) >= 11 is 7.42. The minimum atomic E-state index is 0.0400. The van der Waals surface area contributed by atoms with Crippen molar-refractivity contribution in [1.29, 1.82) is 0 Å². The van der Waals surface area contributed by atoms with Gasteiger partial charge >= 0.3 is 0 Å². The van der Waals surface area contributed by atoms with Crippen molar-refractivity contribution in [3.63, 3.8) is 0 Å². The number of thioether (sulfide) groups is 1. The highest BCUT2D eigenvalue weighted by molar-refractivity contribution is 8.18. The van der Waals surface area contributed by atoms with Crippen molar-refractivity contribution in [1.82, 2.24) is 9.88 Å². The van der Waals surface area contributed by atoms with Gasteiger partial charge in [-0.05, 0) is 67.4 Å². The molecule has 1 aliphatic carbocycles. The van der Waals surface area contributed by atoms with Crippen molar-refractivity contribution < 1.29 is 4.79 Å². The van der Waals surface area contributed by atoms with Crippen molar-refractivity contribution in [2.45, 2.75) is 45.1 Å². The number of pyridine rings is 1. The predicted octanol–water partition coefficient (Wildman–Crippen LogP) is 5.98. The van der Waals surface area contributed by atoms with Gasteiger partial charge in [-0.15, -0.1) is 0 Å². The van der Waals surface area contributed by atoms with Crippen molar-refractivity contribution in [3.8, 4) is 0 Å². The number of hydrogen-bond acceptors (Lipinski definition) is 4. The van der Waals surface area contributed by atoms with Gasteiger partial charge in [-0.1, -0.05) is 49.1 Å². The normalized spacial score (nSPS) is 21.1. The summed E-state index contributed by atoms with van der Waals surface area (Å²) in [5.41, 5.74) is 1.87. The minimum Gasteiger partial charge on any atom is -0.283 e. The second kappa shape index (κ2) is 8.50. The van der Waals surface area contributed by atoms with Crippen LogP contribution in [0.25, 0.3) is 6.08 Å². The molecule has 1 saturated heterocycles. The molecule has 1 aromatic carbocycles. The molecule has 1 aliphatic heterocycles. The zero-order valence-electron chi connectivity index (χ0n) is 15.8. The van der Waals surface area contributed by atoms with Gasteiger partial charge in [-0.2, -0.15) is 0 Å². The van der Waals surface area contributed by atoms with E-state index in [0.717, 1.165) is 42.1 Å². The molecule has 144 valence electrons. The number of amides is 1. The third-order valence-corrected chi connectivity index (χ3v) is 6.26. The van der Waals surface area contributed by atoms with Crippen LogP contribution in [0, 0.1) is 6.92 Å². The highest BCUT2D eigenvalue weighted by Gasteiger charge is 2.38. The van der Waals surface area contributed by atoms with Gasteiger partial charge in [-0.25, -0.2) is 9.98 Å². The van der Waals surface area contributed by atoms with Crippen molar-refractivity contribution >= 4 is 46.3 Å². The van der Waals surface area contributed by atoms with E-state index >= 15 is 0 Å². The molecule has 4 rings (SSSR count). The van der Waals surface area contributed by atoms with Crippen LogP contribution in [0.4, 0.5) is 5.82 Å². The van der Waals surface area contributed by atoms with Crippen LogP contribution >= 0.6 is 23.4 Å². The highest BCUT2D eigenvalue weighted by atomic mass is 35.5. The molecule has 0 atom stereocenters. The number of nitrogens with zero attached hydrogens (tertiary/aromatic N) is 3. The van der Waals surface area contributed by atoms with Crippen LogP contribution in [0.15, 0.2) is 52.4 Å². The molecule has 0 unspecified atom stereocenters. The number of rotatable bonds is 3. The van der Waals surface area contributed by atoms with E-state index in [1.807, 2.05) is 60.4 Å². The van der Waals surface area contributed by atoms with Gasteiger partial charge in [0.05, 0.1) is 4.91 Å². The Morgan fingerprint density at radius 2 is 1.89 bits per heavy atom. The van der Waals surface area contributed by atoms with Crippen LogP contribution in [0.2, 0.25) is 5.02 Å². The van der Waals surface area contributed by atoms with E-state index in [2.05, 4.69) is 4.98 Å². The van der Waals surface area contributed by atoms with Crippen LogP contribution in [0.5, 0.6) is 0 Å². The Balaban J connectivity index is 1.69. The fourth-order valence-electron chi connectivity index (χ4n) is 3.63. The lowest BCUT2D eigenvalue weighted by Crippen LogP contribution is -2.40. The summed E-state index contributed by atoms with van der Waals surface area (Å²) in [7, 11) is 0. The Hall–Kier alpha value is -2.11. The van der Waals surface area contributed by atoms with Crippen molar-refractivity contribution in [2.24, 2.45) is 4.99 Å². The number of aryl methyl sites for hydroxylation is 1. The van der Waals surface area contributed by atoms with Gasteiger partial charge in [0.15, 0.2) is 11.0 Å². The standard InChI is InChI=1S/C22H22ClN3OS/c1-15-6-5-9-20(24-15)25-22-26(18-7-3-2-4-8-18)21(27)19(28-22)14-16-10-12-17(23)13-11-16/h5-6,9-14,18H,2-4,7-8H2,1H3/b19-14-,25-22+. The van der Waals surface area contributed by atoms with E-state index in [0.29, 0.717) is 15.7 Å². The quantitative estimate of drug-likeness (QED) is 0.583. The van der Waals surface area contributed by atoms with Crippen LogP contribution < -0.4 is 0 Å². The number of aliphatic imine (C=N–C) groups is 1. The Bertz CT molecular complexity index is 933. The molecule has 2 heterocycles. The molecule has 1 amide bonds. The van der Waals surface area contributed by atoms with Crippen LogP contribution in [0.1, 0.15) is 43.4 Å². The summed E-state index contributed by atoms with van der Waals surface area (Å²) in [6, 6.07) is 13.5. The van der Waals surface area contributed by atoms with Crippen molar-refractivity contribution in [3.05, 3.63) is 63.6 Å². The molecule has 2 aliphatic rings. The van der Waals surface area contributed by atoms with Crippen molar-refractivity contribution in [2.75, 3.05) is 0 Å². The molecule has 28 heavy (non-hydrogen) atoms. The Labute approximate surface area is 174 Å². The molecule has 0 bridgehead atoms. The van der Waals surface area contributed by atoms with Gasteiger partial charge in [0.2, 0.25) is 0 Å². The summed E-state index contributed by atoms with van der Waals surface area (Å²) in [4.78, 5) is 25.1. The lowest BCUT2D eigenvalue weighted by molar-refractivity contribution is -0.124. The minimum absolute atomic E-state index is 0.0400. The lowest BCUT2D eigenvalue weighted by Gasteiger charge is -2.30. The summed E-state index contributed by atoms with van der Waals surface area (Å²) in [6.45, 7) is 1.95. The van der Waals surface area contributed by atoms with E-state index in [9.17, 15) is 4.79 Å². The molecular formula is C22H22ClN3OS. The molecule has 2 aromatic rings. The lowest BCUT2D eigenvalue weighted by atomic mass is 9.94. The van der Waals surface area contributed by atoms with E-state index in [4.69, 9.17) is 16.6 Å². The maximum atomic E-state index is 13.3. The van der Waals surface area contributed by atoms with Crippen LogP contribution in [-0.2, 0) is 4.79 Å². The Morgan fingerprint density at radius 3 is 2.61 bits per heavy atom. The number of carbonyl (C=O) groups is 1. The number of benzene rings is 1. The monoisotopic (exact) mass is 411 g/mol. The van der Waals surface area contributed by atoms with E-state index in [1.54, 1.807) is 0 Å². The largest absolute Gasteiger partial charge is 0.283 e. The fraction of sp³-hybridized carbons (Fsp3) is 0.318. The number of aromatic nitrogens is 1. The molecule has 4 nitrogen and oxygen atoms in total. The first-order valence-corrected chi connectivity index (χ1v) is 10.8. The van der Waals surface area contributed by atoms with Gasteiger partial charge in [0.1, 0.15) is 0 Å². The van der Waals surface area contributed by atoms with Gasteiger partial charge in [0.25, 0.3) is 5.91 Å². The van der Waals surface area contributed by atoms with Gasteiger partial charge in [-0.3, -0.25) is 9.69 Å². The van der Waals surface area contributed by atoms with E-state index < -0.39 is 0 Å². The van der Waals surface area contributed by atoms with Crippen LogP contribution in [0.3, 0.4) is 0 Å². The molecule has 0 spiro atoms. The van der Waals surface area contributed by atoms with E-state index in [1.165, 1.54) is 18.2 Å². The first-order valence-electron chi connectivity index (χ1n) is 9.61. The molecule has 1 aromatic heterocycles. The number of amidine groups is 1. The third kappa shape index (κ3) is 4.31. The molecule has 1 saturated carbocycles. The smallest absolute Gasteiger partial charge is 0.267 e. The number of halogens is 1. The maximum absolute atomic E-state index is 13.3. The van der Waals surface area contributed by atoms with Gasteiger partial charge in [0, 0.05) is 16.8 Å². The fourth-order valence-corrected chi connectivity index (χ4v) is 4.80. The summed E-state index contributed by atoms with van der Waals surface area (Å²) in [6.07, 6.45) is 7.54. The Morgan fingerprint density at radius 1 is 1.14 bits per heavy atom. The zero-order chi connectivity index (χ0) is 19.5. The summed E-state index contributed by atoms with van der Waals surface area (Å²) in [5, 5.41) is 1.42.